The third-order valence-electron chi connectivity index (χ3n) is 5.64. The molecule has 1 saturated heterocycles. The van der Waals surface area contributed by atoms with Gasteiger partial charge in [0.15, 0.2) is 6.04 Å². The van der Waals surface area contributed by atoms with Gasteiger partial charge >= 0.3 is 0 Å². The predicted molar refractivity (Wildman–Crippen MR) is 98.0 cm³/mol. The number of hydrogen-bond acceptors (Lipinski definition) is 2. The van der Waals surface area contributed by atoms with Gasteiger partial charge in [0.1, 0.15) is 18.9 Å². The fourth-order valence-electron chi connectivity index (χ4n) is 4.52. The van der Waals surface area contributed by atoms with Gasteiger partial charge in [0, 0.05) is 5.56 Å². The van der Waals surface area contributed by atoms with E-state index in [1.165, 1.54) is 21.9 Å². The zero-order valence-electron chi connectivity index (χ0n) is 14.4. The molecule has 0 amide bonds. The van der Waals surface area contributed by atoms with Gasteiger partial charge in [-0.15, -0.1) is 0 Å². The maximum absolute atomic E-state index is 6.35. The third-order valence-corrected chi connectivity index (χ3v) is 5.64. The Bertz CT molecular complexity index is 924. The highest BCUT2D eigenvalue weighted by molar-refractivity contribution is 5.88. The molecule has 3 atom stereocenters. The number of quaternary nitrogens is 1. The first-order chi connectivity index (χ1) is 12.2. The predicted octanol–water partition coefficient (Wildman–Crippen LogP) is 4.48. The second-order valence-corrected chi connectivity index (χ2v) is 7.33. The van der Waals surface area contributed by atoms with E-state index in [-0.39, 0.29) is 0 Å². The Hall–Kier alpha value is -2.36. The van der Waals surface area contributed by atoms with E-state index >= 15 is 0 Å². The molecule has 0 bridgehead atoms. The Morgan fingerprint density at radius 3 is 2.60 bits per heavy atom. The van der Waals surface area contributed by atoms with Crippen molar-refractivity contribution in [2.75, 3.05) is 20.3 Å². The number of fused-ring (bicyclic) bond motifs is 5. The molecule has 126 valence electrons. The molecular weight excluding hydrogens is 310 g/mol. The van der Waals surface area contributed by atoms with Gasteiger partial charge in [0.2, 0.25) is 0 Å². The van der Waals surface area contributed by atoms with Crippen LogP contribution in [0.1, 0.15) is 17.2 Å². The summed E-state index contributed by atoms with van der Waals surface area (Å²) < 4.78 is 6.68. The first-order valence-electron chi connectivity index (χ1n) is 8.93. The van der Waals surface area contributed by atoms with Crippen LogP contribution in [0.25, 0.3) is 10.8 Å². The van der Waals surface area contributed by atoms with Gasteiger partial charge in [0.25, 0.3) is 0 Å². The molecule has 5 rings (SSSR count). The van der Waals surface area contributed by atoms with E-state index in [1.54, 1.807) is 0 Å². The minimum absolute atomic E-state index is 0.301. The molecule has 2 aliphatic heterocycles. The zero-order valence-corrected chi connectivity index (χ0v) is 14.4. The molecule has 2 heterocycles. The van der Waals surface area contributed by atoms with Gasteiger partial charge in [-0.3, -0.25) is 0 Å². The van der Waals surface area contributed by atoms with Gasteiger partial charge in [-0.2, -0.15) is 4.65 Å². The Labute approximate surface area is 147 Å². The molecule has 1 fully saturated rings. The molecule has 0 radical (unpaired) electrons. The largest absolute Gasteiger partial charge is 0.492 e. The van der Waals surface area contributed by atoms with Gasteiger partial charge in [-0.1, -0.05) is 60.7 Å². The Morgan fingerprint density at radius 2 is 1.72 bits per heavy atom. The SMILES string of the molecule is C[N+]1(Cc2ccccc2)OC[C@H]2COc3ccc4ccccc4c3[C@@H]21. The molecule has 3 nitrogen and oxygen atoms in total. The van der Waals surface area contributed by atoms with Crippen molar-refractivity contribution in [3.8, 4) is 5.75 Å². The van der Waals surface area contributed by atoms with Crippen molar-refractivity contribution in [1.29, 1.82) is 0 Å². The van der Waals surface area contributed by atoms with Crippen LogP contribution >= 0.6 is 0 Å². The molecule has 3 aromatic rings. The summed E-state index contributed by atoms with van der Waals surface area (Å²) in [6, 6.07) is 23.8. The van der Waals surface area contributed by atoms with Crippen LogP contribution in [-0.2, 0) is 11.4 Å². The molecule has 3 heteroatoms. The fraction of sp³-hybridized carbons (Fsp3) is 0.273. The molecule has 3 aromatic carbocycles. The quantitative estimate of drug-likeness (QED) is 0.644. The number of hydrogen-bond donors (Lipinski definition) is 0. The van der Waals surface area contributed by atoms with E-state index in [9.17, 15) is 0 Å². The van der Waals surface area contributed by atoms with Crippen LogP contribution in [0, 0.1) is 5.92 Å². The summed E-state index contributed by atoms with van der Waals surface area (Å²) in [5.41, 5.74) is 2.62. The van der Waals surface area contributed by atoms with Crippen LogP contribution < -0.4 is 4.74 Å². The van der Waals surface area contributed by atoms with E-state index in [4.69, 9.17) is 9.57 Å². The second kappa shape index (κ2) is 5.58. The van der Waals surface area contributed by atoms with Crippen LogP contribution in [0.2, 0.25) is 0 Å². The zero-order chi connectivity index (χ0) is 16.9. The van der Waals surface area contributed by atoms with Gasteiger partial charge < -0.3 is 4.74 Å². The first kappa shape index (κ1) is 14.9. The molecule has 0 saturated carbocycles. The average Bonchev–Trinajstić information content (AvgIpc) is 2.99. The lowest BCUT2D eigenvalue weighted by molar-refractivity contribution is -1.11. The summed E-state index contributed by atoms with van der Waals surface area (Å²) >= 11 is 0. The van der Waals surface area contributed by atoms with E-state index in [1.807, 2.05) is 0 Å². The molecule has 0 aromatic heterocycles. The highest BCUT2D eigenvalue weighted by Crippen LogP contribution is 2.50. The molecule has 25 heavy (non-hydrogen) atoms. The average molecular weight is 332 g/mol. The van der Waals surface area contributed by atoms with Gasteiger partial charge in [-0.25, -0.2) is 4.84 Å². The lowest BCUT2D eigenvalue weighted by Gasteiger charge is -2.37. The van der Waals surface area contributed by atoms with E-state index in [2.05, 4.69) is 73.8 Å². The molecule has 0 spiro atoms. The van der Waals surface area contributed by atoms with E-state index < -0.39 is 0 Å². The van der Waals surface area contributed by atoms with Crippen molar-refractivity contribution in [3.05, 3.63) is 77.9 Å². The Morgan fingerprint density at radius 1 is 0.920 bits per heavy atom. The summed E-state index contributed by atoms with van der Waals surface area (Å²) in [6.07, 6.45) is 0. The number of rotatable bonds is 2. The van der Waals surface area contributed by atoms with Crippen LogP contribution in [-0.4, -0.2) is 24.9 Å². The smallest absolute Gasteiger partial charge is 0.157 e. The summed E-state index contributed by atoms with van der Waals surface area (Å²) in [5, 5.41) is 2.56. The van der Waals surface area contributed by atoms with Crippen molar-refractivity contribution in [3.63, 3.8) is 0 Å². The molecule has 2 aliphatic rings. The van der Waals surface area contributed by atoms with E-state index in [0.29, 0.717) is 16.6 Å². The first-order valence-corrected chi connectivity index (χ1v) is 8.93. The van der Waals surface area contributed by atoms with Gasteiger partial charge in [0.05, 0.1) is 25.1 Å². The Balaban J connectivity index is 1.65. The van der Waals surface area contributed by atoms with Crippen molar-refractivity contribution >= 4 is 10.8 Å². The summed E-state index contributed by atoms with van der Waals surface area (Å²) in [5.74, 6) is 1.41. The minimum atomic E-state index is 0.301. The minimum Gasteiger partial charge on any atom is -0.492 e. The number of benzene rings is 3. The highest BCUT2D eigenvalue weighted by atomic mass is 16.7. The third kappa shape index (κ3) is 2.35. The van der Waals surface area contributed by atoms with Crippen LogP contribution in [0.3, 0.4) is 0 Å². The Kier molecular flexibility index (Phi) is 3.34. The summed E-state index contributed by atoms with van der Waals surface area (Å²) in [7, 11) is 2.22. The van der Waals surface area contributed by atoms with Crippen molar-refractivity contribution < 1.29 is 14.2 Å². The normalized spacial score (nSPS) is 27.6. The number of nitrogens with zero attached hydrogens (tertiary/aromatic N) is 1. The monoisotopic (exact) mass is 332 g/mol. The molecule has 0 aliphatic carbocycles. The van der Waals surface area contributed by atoms with Crippen LogP contribution in [0.4, 0.5) is 0 Å². The molecule has 1 unspecified atom stereocenters. The van der Waals surface area contributed by atoms with Crippen molar-refractivity contribution in [2.45, 2.75) is 12.6 Å². The lowest BCUT2D eigenvalue weighted by atomic mass is 9.87. The van der Waals surface area contributed by atoms with Crippen LogP contribution in [0.15, 0.2) is 66.7 Å². The highest BCUT2D eigenvalue weighted by Gasteiger charge is 2.52. The number of hydroxylamine groups is 3. The van der Waals surface area contributed by atoms with Gasteiger partial charge in [-0.05, 0) is 16.8 Å². The van der Waals surface area contributed by atoms with Crippen molar-refractivity contribution in [1.82, 2.24) is 0 Å². The topological polar surface area (TPSA) is 18.5 Å². The summed E-state index contributed by atoms with van der Waals surface area (Å²) in [6.45, 7) is 2.35. The molecule has 0 N–H and O–H groups in total. The lowest BCUT2D eigenvalue weighted by Crippen LogP contribution is -2.44. The maximum atomic E-state index is 6.35. The fourth-order valence-corrected chi connectivity index (χ4v) is 4.52. The number of ether oxygens (including phenoxy) is 1. The van der Waals surface area contributed by atoms with Crippen LogP contribution in [0.5, 0.6) is 5.75 Å². The molecular formula is C22H22NO2+. The second-order valence-electron chi connectivity index (χ2n) is 7.33. The van der Waals surface area contributed by atoms with E-state index in [0.717, 1.165) is 25.5 Å². The standard InChI is InChI=1S/C22H22NO2/c1-23(13-16-7-3-2-4-8-16)22-18(15-25-23)14-24-20-12-11-17-9-5-6-10-19(17)21(20)22/h2-12,18,22H,13-15H2,1H3/q+1/t18-,22-,23?/m1/s1. The summed E-state index contributed by atoms with van der Waals surface area (Å²) in [4.78, 5) is 6.35. The maximum Gasteiger partial charge on any atom is 0.157 e. The van der Waals surface area contributed by atoms with Crippen molar-refractivity contribution in [2.24, 2.45) is 5.92 Å².